The van der Waals surface area contributed by atoms with Crippen LogP contribution in [0.2, 0.25) is 5.02 Å². The van der Waals surface area contributed by atoms with E-state index < -0.39 is 0 Å². The Hall–Kier alpha value is -0.730. The molecule has 1 fully saturated rings. The molecule has 1 aliphatic rings. The Balaban J connectivity index is 1.90. The maximum atomic E-state index is 9.75. The van der Waals surface area contributed by atoms with E-state index in [1.54, 1.807) is 12.1 Å². The van der Waals surface area contributed by atoms with E-state index in [0.29, 0.717) is 17.6 Å². The molecule has 1 aliphatic carbocycles. The highest BCUT2D eigenvalue weighted by Crippen LogP contribution is 2.34. The molecular weight excluding hydrogens is 234 g/mol. The SMILES string of the molecule is CCC(CC1CC1)NCc1c(O)cccc1Cl. The molecule has 0 aromatic heterocycles. The second-order valence-electron chi connectivity index (χ2n) is 4.90. The van der Waals surface area contributed by atoms with Crippen LogP contribution in [0.15, 0.2) is 18.2 Å². The van der Waals surface area contributed by atoms with Crippen LogP contribution in [0.25, 0.3) is 0 Å². The first-order valence-corrected chi connectivity index (χ1v) is 6.78. The minimum absolute atomic E-state index is 0.284. The maximum absolute atomic E-state index is 9.75. The maximum Gasteiger partial charge on any atom is 0.121 e. The van der Waals surface area contributed by atoms with Gasteiger partial charge in [0.25, 0.3) is 0 Å². The summed E-state index contributed by atoms with van der Waals surface area (Å²) in [5.41, 5.74) is 0.809. The molecular formula is C14H20ClNO. The first-order valence-electron chi connectivity index (χ1n) is 6.40. The third-order valence-corrected chi connectivity index (χ3v) is 3.82. The molecule has 2 N–H and O–H groups in total. The predicted octanol–water partition coefficient (Wildman–Crippen LogP) is 3.71. The Morgan fingerprint density at radius 2 is 2.24 bits per heavy atom. The normalized spacial score (nSPS) is 17.1. The Labute approximate surface area is 108 Å². The first kappa shape index (κ1) is 12.7. The smallest absolute Gasteiger partial charge is 0.121 e. The Kier molecular flexibility index (Phi) is 4.30. The molecule has 1 aromatic rings. The number of aromatic hydroxyl groups is 1. The highest BCUT2D eigenvalue weighted by molar-refractivity contribution is 6.31. The zero-order valence-electron chi connectivity index (χ0n) is 10.2. The molecule has 1 atom stereocenters. The molecule has 1 saturated carbocycles. The lowest BCUT2D eigenvalue weighted by atomic mass is 10.1. The van der Waals surface area contributed by atoms with Gasteiger partial charge in [0.2, 0.25) is 0 Å². The van der Waals surface area contributed by atoms with Crippen LogP contribution >= 0.6 is 11.6 Å². The van der Waals surface area contributed by atoms with E-state index >= 15 is 0 Å². The summed E-state index contributed by atoms with van der Waals surface area (Å²) < 4.78 is 0. The number of phenols is 1. The molecule has 1 unspecified atom stereocenters. The second kappa shape index (κ2) is 5.74. The number of halogens is 1. The van der Waals surface area contributed by atoms with Crippen LogP contribution in [0, 0.1) is 5.92 Å². The highest BCUT2D eigenvalue weighted by atomic mass is 35.5. The van der Waals surface area contributed by atoms with Crippen LogP contribution in [0.1, 0.15) is 38.2 Å². The van der Waals surface area contributed by atoms with Crippen molar-refractivity contribution in [3.05, 3.63) is 28.8 Å². The van der Waals surface area contributed by atoms with Gasteiger partial charge >= 0.3 is 0 Å². The van der Waals surface area contributed by atoms with Gasteiger partial charge in [-0.15, -0.1) is 0 Å². The van der Waals surface area contributed by atoms with Crippen LogP contribution in [0.3, 0.4) is 0 Å². The summed E-state index contributed by atoms with van der Waals surface area (Å²) in [4.78, 5) is 0. The summed E-state index contributed by atoms with van der Waals surface area (Å²) in [6.45, 7) is 2.85. The zero-order valence-corrected chi connectivity index (χ0v) is 11.0. The quantitative estimate of drug-likeness (QED) is 0.810. The molecule has 2 nitrogen and oxygen atoms in total. The van der Waals surface area contributed by atoms with Crippen molar-refractivity contribution < 1.29 is 5.11 Å². The molecule has 0 heterocycles. The van der Waals surface area contributed by atoms with Gasteiger partial charge in [0.05, 0.1) is 0 Å². The summed E-state index contributed by atoms with van der Waals surface area (Å²) in [5, 5.41) is 13.9. The Bertz CT molecular complexity index is 356. The number of hydrogen-bond acceptors (Lipinski definition) is 2. The zero-order chi connectivity index (χ0) is 12.3. The lowest BCUT2D eigenvalue weighted by Crippen LogP contribution is -2.28. The summed E-state index contributed by atoms with van der Waals surface area (Å²) >= 11 is 6.07. The summed E-state index contributed by atoms with van der Waals surface area (Å²) in [6.07, 6.45) is 5.15. The molecule has 17 heavy (non-hydrogen) atoms. The van der Waals surface area contributed by atoms with Gasteiger partial charge in [-0.05, 0) is 30.9 Å². The van der Waals surface area contributed by atoms with Gasteiger partial charge in [-0.2, -0.15) is 0 Å². The van der Waals surface area contributed by atoms with Crippen molar-refractivity contribution in [2.24, 2.45) is 5.92 Å². The van der Waals surface area contributed by atoms with Gasteiger partial charge in [0.1, 0.15) is 5.75 Å². The fourth-order valence-electron chi connectivity index (χ4n) is 2.12. The average molecular weight is 254 g/mol. The van der Waals surface area contributed by atoms with Crippen molar-refractivity contribution in [3.8, 4) is 5.75 Å². The second-order valence-corrected chi connectivity index (χ2v) is 5.31. The number of nitrogens with one attached hydrogen (secondary N) is 1. The molecule has 1 aromatic carbocycles. The van der Waals surface area contributed by atoms with Gasteiger partial charge in [0, 0.05) is 23.2 Å². The summed E-state index contributed by atoms with van der Waals surface area (Å²) in [7, 11) is 0. The van der Waals surface area contributed by atoms with Gasteiger partial charge < -0.3 is 10.4 Å². The van der Waals surface area contributed by atoms with E-state index in [-0.39, 0.29) is 5.75 Å². The fourth-order valence-corrected chi connectivity index (χ4v) is 2.36. The molecule has 94 valence electrons. The van der Waals surface area contributed by atoms with Crippen molar-refractivity contribution in [3.63, 3.8) is 0 Å². The fraction of sp³-hybridized carbons (Fsp3) is 0.571. The monoisotopic (exact) mass is 253 g/mol. The standard InChI is InChI=1S/C14H20ClNO/c1-2-11(8-10-6-7-10)16-9-12-13(15)4-3-5-14(12)17/h3-5,10-11,16-17H,2,6-9H2,1H3. The van der Waals surface area contributed by atoms with Crippen molar-refractivity contribution in [1.29, 1.82) is 0 Å². The highest BCUT2D eigenvalue weighted by Gasteiger charge is 2.24. The molecule has 0 amide bonds. The van der Waals surface area contributed by atoms with Crippen LogP contribution < -0.4 is 5.32 Å². The molecule has 0 saturated heterocycles. The Morgan fingerprint density at radius 3 is 2.82 bits per heavy atom. The van der Waals surface area contributed by atoms with Crippen LogP contribution in [0.5, 0.6) is 5.75 Å². The van der Waals surface area contributed by atoms with E-state index in [9.17, 15) is 5.11 Å². The topological polar surface area (TPSA) is 32.3 Å². The predicted molar refractivity (Wildman–Crippen MR) is 71.4 cm³/mol. The summed E-state index contributed by atoms with van der Waals surface area (Å²) in [6, 6.07) is 5.81. The van der Waals surface area contributed by atoms with Crippen LogP contribution in [0.4, 0.5) is 0 Å². The van der Waals surface area contributed by atoms with Gasteiger partial charge in [-0.25, -0.2) is 0 Å². The first-order chi connectivity index (χ1) is 8.20. The molecule has 2 rings (SSSR count). The third-order valence-electron chi connectivity index (χ3n) is 3.47. The van der Waals surface area contributed by atoms with Crippen molar-refractivity contribution in [2.45, 2.75) is 45.2 Å². The lowest BCUT2D eigenvalue weighted by molar-refractivity contribution is 0.429. The minimum atomic E-state index is 0.284. The van der Waals surface area contributed by atoms with Crippen molar-refractivity contribution in [1.82, 2.24) is 5.32 Å². The molecule has 0 bridgehead atoms. The third kappa shape index (κ3) is 3.62. The van der Waals surface area contributed by atoms with Crippen LogP contribution in [-0.2, 0) is 6.54 Å². The number of hydrogen-bond donors (Lipinski definition) is 2. The molecule has 0 radical (unpaired) electrons. The summed E-state index contributed by atoms with van der Waals surface area (Å²) in [5.74, 6) is 1.21. The molecule has 0 aliphatic heterocycles. The van der Waals surface area contributed by atoms with E-state index in [1.165, 1.54) is 19.3 Å². The number of phenolic OH excluding ortho intramolecular Hbond substituents is 1. The van der Waals surface area contributed by atoms with Crippen molar-refractivity contribution >= 4 is 11.6 Å². The van der Waals surface area contributed by atoms with Crippen LogP contribution in [-0.4, -0.2) is 11.1 Å². The van der Waals surface area contributed by atoms with Gasteiger partial charge in [0.15, 0.2) is 0 Å². The van der Waals surface area contributed by atoms with E-state index in [0.717, 1.165) is 17.9 Å². The van der Waals surface area contributed by atoms with E-state index in [1.807, 2.05) is 6.07 Å². The number of rotatable bonds is 6. The minimum Gasteiger partial charge on any atom is -0.508 e. The number of benzene rings is 1. The lowest BCUT2D eigenvalue weighted by Gasteiger charge is -2.17. The molecule has 0 spiro atoms. The van der Waals surface area contributed by atoms with Gasteiger partial charge in [-0.3, -0.25) is 0 Å². The molecule has 3 heteroatoms. The van der Waals surface area contributed by atoms with E-state index in [4.69, 9.17) is 11.6 Å². The Morgan fingerprint density at radius 1 is 1.47 bits per heavy atom. The van der Waals surface area contributed by atoms with Gasteiger partial charge in [-0.1, -0.05) is 37.4 Å². The van der Waals surface area contributed by atoms with E-state index in [2.05, 4.69) is 12.2 Å². The largest absolute Gasteiger partial charge is 0.508 e. The average Bonchev–Trinajstić information content (AvgIpc) is 3.10. The van der Waals surface area contributed by atoms with Crippen molar-refractivity contribution in [2.75, 3.05) is 0 Å².